The third-order valence-electron chi connectivity index (χ3n) is 2.35. The van der Waals surface area contributed by atoms with Crippen molar-refractivity contribution in [1.29, 1.82) is 0 Å². The Morgan fingerprint density at radius 3 is 3.00 bits per heavy atom. The molecular formula is C9H14O4. The van der Waals surface area contributed by atoms with Crippen LogP contribution in [0.3, 0.4) is 0 Å². The molecule has 3 atom stereocenters. The van der Waals surface area contributed by atoms with Gasteiger partial charge in [-0.05, 0) is 6.42 Å². The Kier molecular flexibility index (Phi) is 3.42. The second kappa shape index (κ2) is 4.37. The molecule has 0 radical (unpaired) electrons. The monoisotopic (exact) mass is 186 g/mol. The van der Waals surface area contributed by atoms with Crippen LogP contribution >= 0.6 is 0 Å². The molecule has 13 heavy (non-hydrogen) atoms. The fourth-order valence-electron chi connectivity index (χ4n) is 1.48. The lowest BCUT2D eigenvalue weighted by atomic mass is 9.99. The number of aldehydes is 1. The van der Waals surface area contributed by atoms with Crippen molar-refractivity contribution >= 4 is 12.3 Å². The fraction of sp³-hybridized carbons (Fsp3) is 0.778. The molecule has 0 aromatic heterocycles. The number of esters is 1. The van der Waals surface area contributed by atoms with Crippen LogP contribution < -0.4 is 0 Å². The zero-order chi connectivity index (χ0) is 9.84. The highest BCUT2D eigenvalue weighted by Crippen LogP contribution is 2.26. The van der Waals surface area contributed by atoms with Crippen LogP contribution in [0.2, 0.25) is 0 Å². The highest BCUT2D eigenvalue weighted by molar-refractivity contribution is 5.77. The highest BCUT2D eigenvalue weighted by atomic mass is 16.6. The van der Waals surface area contributed by atoms with E-state index in [0.29, 0.717) is 19.1 Å². The molecule has 0 aromatic carbocycles. The Morgan fingerprint density at radius 2 is 2.46 bits per heavy atom. The molecule has 0 amide bonds. The summed E-state index contributed by atoms with van der Waals surface area (Å²) in [6, 6.07) is 0. The molecule has 1 heterocycles. The molecule has 4 heteroatoms. The SMILES string of the molecule is CC[C@H](O)[C@H]1C[C@H](CC=O)C(=O)O1. The minimum absolute atomic E-state index is 0.200. The number of hydrogen-bond acceptors (Lipinski definition) is 4. The Labute approximate surface area is 76.9 Å². The van der Waals surface area contributed by atoms with E-state index in [4.69, 9.17) is 4.74 Å². The number of carbonyl (C=O) groups excluding carboxylic acids is 2. The largest absolute Gasteiger partial charge is 0.459 e. The van der Waals surface area contributed by atoms with Crippen molar-refractivity contribution in [2.24, 2.45) is 5.92 Å². The van der Waals surface area contributed by atoms with E-state index in [2.05, 4.69) is 0 Å². The van der Waals surface area contributed by atoms with Gasteiger partial charge in [0, 0.05) is 12.8 Å². The first-order valence-electron chi connectivity index (χ1n) is 4.51. The average Bonchev–Trinajstić information content (AvgIpc) is 2.47. The molecule has 1 aliphatic heterocycles. The maximum atomic E-state index is 11.1. The van der Waals surface area contributed by atoms with Gasteiger partial charge in [0.15, 0.2) is 0 Å². The van der Waals surface area contributed by atoms with Gasteiger partial charge >= 0.3 is 5.97 Å². The summed E-state index contributed by atoms with van der Waals surface area (Å²) in [6.07, 6.45) is 0.930. The van der Waals surface area contributed by atoms with Crippen molar-refractivity contribution in [3.63, 3.8) is 0 Å². The van der Waals surface area contributed by atoms with Crippen LogP contribution in [0.4, 0.5) is 0 Å². The third-order valence-corrected chi connectivity index (χ3v) is 2.35. The van der Waals surface area contributed by atoms with Crippen LogP contribution in [0.5, 0.6) is 0 Å². The Balaban J connectivity index is 2.49. The van der Waals surface area contributed by atoms with E-state index in [1.54, 1.807) is 0 Å². The highest BCUT2D eigenvalue weighted by Gasteiger charge is 2.37. The van der Waals surface area contributed by atoms with Crippen molar-refractivity contribution < 1.29 is 19.4 Å². The Bertz CT molecular complexity index is 202. The van der Waals surface area contributed by atoms with Gasteiger partial charge in [-0.3, -0.25) is 4.79 Å². The molecule has 1 N–H and O–H groups in total. The molecule has 4 nitrogen and oxygen atoms in total. The van der Waals surface area contributed by atoms with E-state index in [-0.39, 0.29) is 18.3 Å². The van der Waals surface area contributed by atoms with Crippen molar-refractivity contribution in [2.75, 3.05) is 0 Å². The smallest absolute Gasteiger partial charge is 0.309 e. The summed E-state index contributed by atoms with van der Waals surface area (Å²) in [5.74, 6) is -0.701. The zero-order valence-electron chi connectivity index (χ0n) is 7.60. The van der Waals surface area contributed by atoms with Crippen LogP contribution in [0, 0.1) is 5.92 Å². The number of aliphatic hydroxyl groups is 1. The van der Waals surface area contributed by atoms with Crippen molar-refractivity contribution in [3.8, 4) is 0 Å². The maximum absolute atomic E-state index is 11.1. The predicted octanol–water partition coefficient (Wildman–Crippen LogP) is 0.278. The summed E-state index contributed by atoms with van der Waals surface area (Å²) in [7, 11) is 0. The number of hydrogen-bond donors (Lipinski definition) is 1. The molecule has 0 bridgehead atoms. The molecule has 0 aromatic rings. The quantitative estimate of drug-likeness (QED) is 0.506. The standard InChI is InChI=1S/C9H14O4/c1-2-7(11)8-5-6(3-4-10)9(12)13-8/h4,6-8,11H,2-3,5H2,1H3/t6-,7-,8+/m0/s1. The molecule has 0 saturated carbocycles. The van der Waals surface area contributed by atoms with Crippen LogP contribution in [0.25, 0.3) is 0 Å². The van der Waals surface area contributed by atoms with Crippen molar-refractivity contribution in [3.05, 3.63) is 0 Å². The van der Waals surface area contributed by atoms with E-state index in [0.717, 1.165) is 0 Å². The molecule has 74 valence electrons. The summed E-state index contributed by atoms with van der Waals surface area (Å²) in [5.41, 5.74) is 0. The molecular weight excluding hydrogens is 172 g/mol. The second-order valence-electron chi connectivity index (χ2n) is 3.29. The van der Waals surface area contributed by atoms with Gasteiger partial charge in [0.1, 0.15) is 12.4 Å². The van der Waals surface area contributed by atoms with Gasteiger partial charge in [-0.25, -0.2) is 0 Å². The fourth-order valence-corrected chi connectivity index (χ4v) is 1.48. The number of aliphatic hydroxyl groups excluding tert-OH is 1. The lowest BCUT2D eigenvalue weighted by molar-refractivity contribution is -0.148. The van der Waals surface area contributed by atoms with Gasteiger partial charge in [-0.2, -0.15) is 0 Å². The Morgan fingerprint density at radius 1 is 1.77 bits per heavy atom. The first-order valence-corrected chi connectivity index (χ1v) is 4.51. The predicted molar refractivity (Wildman–Crippen MR) is 45.0 cm³/mol. The molecule has 1 aliphatic rings. The van der Waals surface area contributed by atoms with Gasteiger partial charge in [-0.15, -0.1) is 0 Å². The van der Waals surface area contributed by atoms with E-state index in [1.807, 2.05) is 6.92 Å². The summed E-state index contributed by atoms with van der Waals surface area (Å²) in [5, 5.41) is 9.40. The lowest BCUT2D eigenvalue weighted by Crippen LogP contribution is -2.24. The average molecular weight is 186 g/mol. The normalized spacial score (nSPS) is 29.8. The summed E-state index contributed by atoms with van der Waals surface area (Å²) >= 11 is 0. The number of ether oxygens (including phenoxy) is 1. The number of carbonyl (C=O) groups is 2. The summed E-state index contributed by atoms with van der Waals surface area (Å²) in [4.78, 5) is 21.3. The first kappa shape index (κ1) is 10.2. The summed E-state index contributed by atoms with van der Waals surface area (Å²) in [6.45, 7) is 1.82. The first-order chi connectivity index (χ1) is 6.19. The molecule has 1 saturated heterocycles. The summed E-state index contributed by atoms with van der Waals surface area (Å²) < 4.78 is 4.93. The maximum Gasteiger partial charge on any atom is 0.309 e. The molecule has 0 unspecified atom stereocenters. The third kappa shape index (κ3) is 2.28. The van der Waals surface area contributed by atoms with Gasteiger partial charge in [0.25, 0.3) is 0 Å². The molecule has 1 fully saturated rings. The van der Waals surface area contributed by atoms with E-state index in [1.165, 1.54) is 0 Å². The molecule has 0 spiro atoms. The topological polar surface area (TPSA) is 63.6 Å². The van der Waals surface area contributed by atoms with Gasteiger partial charge in [0.2, 0.25) is 0 Å². The molecule has 0 aliphatic carbocycles. The second-order valence-corrected chi connectivity index (χ2v) is 3.29. The van der Waals surface area contributed by atoms with Crippen molar-refractivity contribution in [1.82, 2.24) is 0 Å². The van der Waals surface area contributed by atoms with Crippen LogP contribution in [-0.4, -0.2) is 29.6 Å². The van der Waals surface area contributed by atoms with Gasteiger partial charge in [0.05, 0.1) is 12.0 Å². The van der Waals surface area contributed by atoms with Crippen LogP contribution in [0.15, 0.2) is 0 Å². The lowest BCUT2D eigenvalue weighted by Gasteiger charge is -2.14. The van der Waals surface area contributed by atoms with E-state index < -0.39 is 12.2 Å². The molecule has 1 rings (SSSR count). The minimum atomic E-state index is -0.597. The minimum Gasteiger partial charge on any atom is -0.459 e. The number of cyclic esters (lactones) is 1. The van der Waals surface area contributed by atoms with Crippen molar-refractivity contribution in [2.45, 2.75) is 38.4 Å². The Hall–Kier alpha value is -0.900. The zero-order valence-corrected chi connectivity index (χ0v) is 7.60. The van der Waals surface area contributed by atoms with E-state index >= 15 is 0 Å². The van der Waals surface area contributed by atoms with E-state index in [9.17, 15) is 14.7 Å². The van der Waals surface area contributed by atoms with Crippen LogP contribution in [-0.2, 0) is 14.3 Å². The van der Waals surface area contributed by atoms with Gasteiger partial charge in [-0.1, -0.05) is 6.92 Å². The van der Waals surface area contributed by atoms with Gasteiger partial charge < -0.3 is 14.6 Å². The number of rotatable bonds is 4. The van der Waals surface area contributed by atoms with Crippen LogP contribution in [0.1, 0.15) is 26.2 Å².